The fourth-order valence-electron chi connectivity index (χ4n) is 3.71. The second-order valence-electron chi connectivity index (χ2n) is 5.99. The molecule has 1 fully saturated rings. The standard InChI is InChI=1S/C16H24NO2/c1-10-9-11(2)16(15(10)13(4)18)17(5)12(3)14-7-6-8-19-14/h6-8,10-11,15-16H,9H2,1-5H3/q+1. The second-order valence-corrected chi connectivity index (χ2v) is 5.99. The number of carbonyl (C=O) groups is 1. The zero-order valence-electron chi connectivity index (χ0n) is 12.5. The summed E-state index contributed by atoms with van der Waals surface area (Å²) in [7, 11) is 2.08. The van der Waals surface area contributed by atoms with Crippen molar-refractivity contribution < 1.29 is 13.8 Å². The number of Topliss-reactive ketones (excluding diaryl/α,β-unsaturated/α-hetero) is 1. The van der Waals surface area contributed by atoms with Gasteiger partial charge in [0.1, 0.15) is 12.8 Å². The van der Waals surface area contributed by atoms with Crippen molar-refractivity contribution in [1.82, 2.24) is 0 Å². The highest BCUT2D eigenvalue weighted by molar-refractivity contribution is 5.92. The van der Waals surface area contributed by atoms with Crippen molar-refractivity contribution in [3.63, 3.8) is 0 Å². The highest BCUT2D eigenvalue weighted by atomic mass is 16.3. The van der Waals surface area contributed by atoms with Gasteiger partial charge in [0.05, 0.1) is 12.2 Å². The van der Waals surface area contributed by atoms with Crippen molar-refractivity contribution >= 4 is 11.5 Å². The van der Waals surface area contributed by atoms with Gasteiger partial charge in [-0.15, -0.1) is 0 Å². The molecule has 1 aliphatic rings. The lowest BCUT2D eigenvalue weighted by Crippen LogP contribution is -2.39. The zero-order chi connectivity index (χ0) is 14.2. The van der Waals surface area contributed by atoms with Crippen LogP contribution in [0.25, 0.3) is 0 Å². The average molecular weight is 262 g/mol. The number of hydrogen-bond donors (Lipinski definition) is 0. The van der Waals surface area contributed by atoms with Gasteiger partial charge in [-0.25, -0.2) is 4.58 Å². The zero-order valence-corrected chi connectivity index (χ0v) is 12.5. The lowest BCUT2D eigenvalue weighted by atomic mass is 9.90. The molecule has 0 amide bonds. The Labute approximate surface area is 115 Å². The maximum absolute atomic E-state index is 12.0. The Morgan fingerprint density at radius 3 is 2.53 bits per heavy atom. The van der Waals surface area contributed by atoms with Gasteiger partial charge < -0.3 is 4.42 Å². The molecular weight excluding hydrogens is 238 g/mol. The van der Waals surface area contributed by atoms with E-state index in [4.69, 9.17) is 4.42 Å². The summed E-state index contributed by atoms with van der Waals surface area (Å²) in [4.78, 5) is 12.0. The predicted octanol–water partition coefficient (Wildman–Crippen LogP) is 2.98. The molecule has 3 nitrogen and oxygen atoms in total. The molecule has 1 aliphatic carbocycles. The lowest BCUT2D eigenvalue weighted by molar-refractivity contribution is -0.549. The third-order valence-corrected chi connectivity index (χ3v) is 4.63. The summed E-state index contributed by atoms with van der Waals surface area (Å²) in [6.07, 6.45) is 2.81. The van der Waals surface area contributed by atoms with Gasteiger partial charge in [-0.3, -0.25) is 4.79 Å². The number of hydrogen-bond acceptors (Lipinski definition) is 2. The molecule has 0 saturated heterocycles. The maximum Gasteiger partial charge on any atom is 0.215 e. The van der Waals surface area contributed by atoms with Gasteiger partial charge in [0.15, 0.2) is 11.8 Å². The number of nitrogens with zero attached hydrogens (tertiary/aromatic N) is 1. The minimum atomic E-state index is 0.130. The predicted molar refractivity (Wildman–Crippen MR) is 75.6 cm³/mol. The largest absolute Gasteiger partial charge is 0.458 e. The van der Waals surface area contributed by atoms with Crippen molar-refractivity contribution in [3.05, 3.63) is 24.2 Å². The van der Waals surface area contributed by atoms with E-state index in [2.05, 4.69) is 32.4 Å². The monoisotopic (exact) mass is 262 g/mol. The molecule has 1 aromatic heterocycles. The SMILES string of the molecule is CC(=O)C1C(C)CC(C)C1[N+](C)=C(C)c1ccco1. The van der Waals surface area contributed by atoms with Crippen molar-refractivity contribution in [2.75, 3.05) is 7.05 Å². The summed E-state index contributed by atoms with van der Waals surface area (Å²) in [6, 6.07) is 4.14. The lowest BCUT2D eigenvalue weighted by Gasteiger charge is -2.20. The van der Waals surface area contributed by atoms with E-state index in [1.165, 1.54) is 0 Å². The topological polar surface area (TPSA) is 33.2 Å². The van der Waals surface area contributed by atoms with Gasteiger partial charge in [0.2, 0.25) is 5.71 Å². The van der Waals surface area contributed by atoms with Crippen LogP contribution in [-0.4, -0.2) is 29.2 Å². The van der Waals surface area contributed by atoms with E-state index < -0.39 is 0 Å². The minimum Gasteiger partial charge on any atom is -0.458 e. The first-order valence-electron chi connectivity index (χ1n) is 7.04. The molecule has 0 aromatic carbocycles. The molecule has 0 aliphatic heterocycles. The van der Waals surface area contributed by atoms with Gasteiger partial charge in [-0.2, -0.15) is 0 Å². The van der Waals surface area contributed by atoms with Crippen LogP contribution in [-0.2, 0) is 4.79 Å². The number of ketones is 1. The van der Waals surface area contributed by atoms with Crippen LogP contribution in [0.5, 0.6) is 0 Å². The molecule has 0 spiro atoms. The smallest absolute Gasteiger partial charge is 0.215 e. The van der Waals surface area contributed by atoms with Crippen molar-refractivity contribution in [2.24, 2.45) is 17.8 Å². The van der Waals surface area contributed by atoms with E-state index in [-0.39, 0.29) is 12.0 Å². The van der Waals surface area contributed by atoms with Crippen molar-refractivity contribution in [2.45, 2.75) is 40.2 Å². The molecule has 1 heterocycles. The van der Waals surface area contributed by atoms with E-state index in [0.29, 0.717) is 17.6 Å². The molecule has 0 N–H and O–H groups in total. The van der Waals surface area contributed by atoms with E-state index in [9.17, 15) is 4.79 Å². The average Bonchev–Trinajstić information content (AvgIpc) is 2.94. The minimum absolute atomic E-state index is 0.130. The maximum atomic E-state index is 12.0. The van der Waals surface area contributed by atoms with E-state index in [1.807, 2.05) is 12.1 Å². The van der Waals surface area contributed by atoms with Crippen molar-refractivity contribution in [3.8, 4) is 0 Å². The first-order chi connectivity index (χ1) is 8.93. The molecule has 4 atom stereocenters. The van der Waals surface area contributed by atoms with Gasteiger partial charge >= 0.3 is 0 Å². The van der Waals surface area contributed by atoms with Gasteiger partial charge in [-0.05, 0) is 31.4 Å². The first-order valence-corrected chi connectivity index (χ1v) is 7.04. The normalized spacial score (nSPS) is 32.3. The summed E-state index contributed by atoms with van der Waals surface area (Å²) in [5.74, 6) is 2.31. The number of rotatable bonds is 3. The van der Waals surface area contributed by atoms with Crippen molar-refractivity contribution in [1.29, 1.82) is 0 Å². The van der Waals surface area contributed by atoms with Gasteiger partial charge in [-0.1, -0.05) is 13.8 Å². The fourth-order valence-corrected chi connectivity index (χ4v) is 3.71. The molecule has 4 unspecified atom stereocenters. The van der Waals surface area contributed by atoms with Crippen LogP contribution in [0.2, 0.25) is 0 Å². The van der Waals surface area contributed by atoms with Crippen LogP contribution >= 0.6 is 0 Å². The summed E-state index contributed by atoms with van der Waals surface area (Å²) in [6.45, 7) is 8.22. The van der Waals surface area contributed by atoms with Crippen LogP contribution in [0, 0.1) is 17.8 Å². The molecule has 0 radical (unpaired) electrons. The summed E-state index contributed by atoms with van der Waals surface area (Å²) < 4.78 is 7.71. The molecule has 1 aromatic rings. The van der Waals surface area contributed by atoms with Crippen LogP contribution in [0.1, 0.15) is 39.9 Å². The van der Waals surface area contributed by atoms with Gasteiger partial charge in [0.25, 0.3) is 0 Å². The summed E-state index contributed by atoms with van der Waals surface area (Å²) >= 11 is 0. The first kappa shape index (κ1) is 14.0. The van der Waals surface area contributed by atoms with Crippen LogP contribution in [0.15, 0.2) is 22.8 Å². The molecule has 3 heteroatoms. The van der Waals surface area contributed by atoms with Gasteiger partial charge in [0, 0.05) is 12.8 Å². The Hall–Kier alpha value is -1.38. The van der Waals surface area contributed by atoms with E-state index in [0.717, 1.165) is 17.9 Å². The molecular formula is C16H24NO2+. The summed E-state index contributed by atoms with van der Waals surface area (Å²) in [5, 5.41) is 0. The Bertz CT molecular complexity index is 487. The Kier molecular flexibility index (Phi) is 3.93. The van der Waals surface area contributed by atoms with E-state index >= 15 is 0 Å². The van der Waals surface area contributed by atoms with Crippen LogP contribution < -0.4 is 0 Å². The third kappa shape index (κ3) is 2.51. The summed E-state index contributed by atoms with van der Waals surface area (Å²) in [5.41, 5.74) is 1.10. The highest BCUT2D eigenvalue weighted by Gasteiger charge is 2.47. The fraction of sp³-hybridized carbons (Fsp3) is 0.625. The number of carbonyl (C=O) groups excluding carboxylic acids is 1. The highest BCUT2D eigenvalue weighted by Crippen LogP contribution is 2.38. The molecule has 19 heavy (non-hydrogen) atoms. The molecule has 104 valence electrons. The van der Waals surface area contributed by atoms with E-state index in [1.54, 1.807) is 13.2 Å². The Morgan fingerprint density at radius 1 is 1.32 bits per heavy atom. The Morgan fingerprint density at radius 2 is 2.00 bits per heavy atom. The molecule has 1 saturated carbocycles. The van der Waals surface area contributed by atoms with Crippen LogP contribution in [0.3, 0.4) is 0 Å². The quantitative estimate of drug-likeness (QED) is 0.620. The molecule has 0 bridgehead atoms. The Balaban J connectivity index is 2.38. The van der Waals surface area contributed by atoms with Crippen LogP contribution in [0.4, 0.5) is 0 Å². The second kappa shape index (κ2) is 5.32. The third-order valence-electron chi connectivity index (χ3n) is 4.63. The molecule has 2 rings (SSSR count). The number of furan rings is 1.